The van der Waals surface area contributed by atoms with Gasteiger partial charge in [-0.3, -0.25) is 9.59 Å². The van der Waals surface area contributed by atoms with Crippen molar-refractivity contribution in [2.45, 2.75) is 51.5 Å². The van der Waals surface area contributed by atoms with Crippen LogP contribution in [0.2, 0.25) is 0 Å². The zero-order chi connectivity index (χ0) is 16.7. The van der Waals surface area contributed by atoms with Crippen molar-refractivity contribution in [3.8, 4) is 0 Å². The van der Waals surface area contributed by atoms with Gasteiger partial charge >= 0.3 is 0 Å². The first kappa shape index (κ1) is 15.7. The summed E-state index contributed by atoms with van der Waals surface area (Å²) in [5.41, 5.74) is 0.850. The Balaban J connectivity index is 1.44. The van der Waals surface area contributed by atoms with E-state index in [1.807, 2.05) is 22.8 Å². The zero-order valence-electron chi connectivity index (χ0n) is 14.2. The third-order valence-corrected chi connectivity index (χ3v) is 5.52. The second-order valence-corrected chi connectivity index (χ2v) is 7.46. The first-order valence-corrected chi connectivity index (χ1v) is 9.16. The minimum absolute atomic E-state index is 0.00760. The minimum atomic E-state index is -0.0638. The molecule has 24 heavy (non-hydrogen) atoms. The highest BCUT2D eigenvalue weighted by molar-refractivity contribution is 5.84. The lowest BCUT2D eigenvalue weighted by Crippen LogP contribution is -2.47. The van der Waals surface area contributed by atoms with Crippen molar-refractivity contribution in [1.82, 2.24) is 15.0 Å². The van der Waals surface area contributed by atoms with Gasteiger partial charge in [-0.15, -0.1) is 0 Å². The summed E-state index contributed by atoms with van der Waals surface area (Å²) in [6.07, 6.45) is 5.77. The predicted molar refractivity (Wildman–Crippen MR) is 87.0 cm³/mol. The van der Waals surface area contributed by atoms with Gasteiger partial charge in [0.05, 0.1) is 17.7 Å². The van der Waals surface area contributed by atoms with Crippen molar-refractivity contribution in [2.24, 2.45) is 11.8 Å². The molecule has 6 nitrogen and oxygen atoms in total. The van der Waals surface area contributed by atoms with E-state index in [2.05, 4.69) is 5.16 Å². The number of aryl methyl sites for hydroxylation is 1. The maximum atomic E-state index is 13.1. The lowest BCUT2D eigenvalue weighted by Gasteiger charge is -2.35. The lowest BCUT2D eigenvalue weighted by atomic mass is 9.95. The number of hydrogen-bond acceptors (Lipinski definition) is 4. The molecule has 1 saturated carbocycles. The fourth-order valence-corrected chi connectivity index (χ4v) is 4.07. The molecular weight excluding hydrogens is 306 g/mol. The first-order valence-electron chi connectivity index (χ1n) is 9.16. The normalized spacial score (nSPS) is 27.5. The molecule has 1 aromatic rings. The van der Waals surface area contributed by atoms with Crippen LogP contribution in [0.3, 0.4) is 0 Å². The molecule has 0 radical (unpaired) electrons. The number of nitrogens with zero attached hydrogens (tertiary/aromatic N) is 3. The molecule has 3 aliphatic rings. The number of carbonyl (C=O) groups excluding carboxylic acids is 2. The number of hydrogen-bond donors (Lipinski definition) is 0. The number of amides is 2. The summed E-state index contributed by atoms with van der Waals surface area (Å²) in [4.78, 5) is 29.3. The Morgan fingerprint density at radius 1 is 1.08 bits per heavy atom. The van der Waals surface area contributed by atoms with Crippen molar-refractivity contribution < 1.29 is 14.1 Å². The van der Waals surface area contributed by atoms with E-state index >= 15 is 0 Å². The molecule has 0 unspecified atom stereocenters. The lowest BCUT2D eigenvalue weighted by molar-refractivity contribution is -0.142. The van der Waals surface area contributed by atoms with E-state index in [0.29, 0.717) is 6.54 Å². The Labute approximate surface area is 142 Å². The van der Waals surface area contributed by atoms with Crippen LogP contribution in [0.25, 0.3) is 0 Å². The molecule has 0 bridgehead atoms. The fourth-order valence-electron chi connectivity index (χ4n) is 4.07. The molecule has 2 aliphatic heterocycles. The average molecular weight is 331 g/mol. The van der Waals surface area contributed by atoms with E-state index < -0.39 is 0 Å². The molecule has 1 aliphatic carbocycles. The standard InChI is InChI=1S/C18H25N3O3/c1-12-10-16(24-19-12)15-5-3-9-21(15)18(23)14-4-2-8-20(11-14)17(22)13-6-7-13/h10,13-15H,2-9,11H2,1H3/t14-,15-/m0/s1. The molecule has 1 aromatic heterocycles. The van der Waals surface area contributed by atoms with Crippen LogP contribution >= 0.6 is 0 Å². The summed E-state index contributed by atoms with van der Waals surface area (Å²) in [5, 5.41) is 3.96. The molecule has 2 amide bonds. The largest absolute Gasteiger partial charge is 0.359 e. The highest BCUT2D eigenvalue weighted by atomic mass is 16.5. The molecule has 3 heterocycles. The van der Waals surface area contributed by atoms with Crippen LogP contribution in [0.4, 0.5) is 0 Å². The Hall–Kier alpha value is -1.85. The third-order valence-electron chi connectivity index (χ3n) is 5.52. The van der Waals surface area contributed by atoms with Crippen molar-refractivity contribution in [2.75, 3.05) is 19.6 Å². The van der Waals surface area contributed by atoms with Gasteiger partial charge in [0.2, 0.25) is 11.8 Å². The number of aromatic nitrogens is 1. The molecule has 0 spiro atoms. The van der Waals surface area contributed by atoms with Crippen LogP contribution in [0, 0.1) is 18.8 Å². The van der Waals surface area contributed by atoms with Crippen LogP contribution in [-0.4, -0.2) is 46.4 Å². The number of rotatable bonds is 3. The first-order chi connectivity index (χ1) is 11.6. The Kier molecular flexibility index (Phi) is 4.06. The molecule has 3 fully saturated rings. The summed E-state index contributed by atoms with van der Waals surface area (Å²) in [7, 11) is 0. The average Bonchev–Trinajstić information content (AvgIpc) is 3.18. The van der Waals surface area contributed by atoms with E-state index in [4.69, 9.17) is 4.52 Å². The van der Waals surface area contributed by atoms with Crippen LogP contribution in [0.1, 0.15) is 56.0 Å². The van der Waals surface area contributed by atoms with Gasteiger partial charge in [0.15, 0.2) is 5.76 Å². The molecule has 4 rings (SSSR count). The maximum Gasteiger partial charge on any atom is 0.228 e. The highest BCUT2D eigenvalue weighted by Crippen LogP contribution is 2.36. The topological polar surface area (TPSA) is 66.7 Å². The van der Waals surface area contributed by atoms with Gasteiger partial charge < -0.3 is 14.3 Å². The second-order valence-electron chi connectivity index (χ2n) is 7.46. The number of piperidine rings is 1. The molecular formula is C18H25N3O3. The predicted octanol–water partition coefficient (Wildman–Crippen LogP) is 2.30. The SMILES string of the molecule is Cc1cc([C@@H]2CCCN2C(=O)[C@H]2CCCN(C(=O)C3CC3)C2)on1. The van der Waals surface area contributed by atoms with Crippen molar-refractivity contribution in [3.05, 3.63) is 17.5 Å². The Morgan fingerprint density at radius 2 is 1.88 bits per heavy atom. The van der Waals surface area contributed by atoms with E-state index in [0.717, 1.165) is 63.1 Å². The molecule has 2 atom stereocenters. The summed E-state index contributed by atoms with van der Waals surface area (Å²) >= 11 is 0. The molecule has 2 saturated heterocycles. The van der Waals surface area contributed by atoms with Crippen LogP contribution in [0.5, 0.6) is 0 Å². The summed E-state index contributed by atoms with van der Waals surface area (Å²) in [5.74, 6) is 1.40. The van der Waals surface area contributed by atoms with Gasteiger partial charge in [0, 0.05) is 31.6 Å². The monoisotopic (exact) mass is 331 g/mol. The molecule has 0 aromatic carbocycles. The molecule has 6 heteroatoms. The third kappa shape index (κ3) is 2.94. The van der Waals surface area contributed by atoms with Crippen LogP contribution in [-0.2, 0) is 9.59 Å². The van der Waals surface area contributed by atoms with Gasteiger partial charge in [0.25, 0.3) is 0 Å². The fraction of sp³-hybridized carbons (Fsp3) is 0.722. The van der Waals surface area contributed by atoms with E-state index in [1.165, 1.54) is 0 Å². The Bertz CT molecular complexity index is 637. The zero-order valence-corrected chi connectivity index (χ0v) is 14.2. The van der Waals surface area contributed by atoms with Crippen molar-refractivity contribution in [3.63, 3.8) is 0 Å². The van der Waals surface area contributed by atoms with E-state index in [9.17, 15) is 9.59 Å². The van der Waals surface area contributed by atoms with Crippen LogP contribution in [0.15, 0.2) is 10.6 Å². The summed E-state index contributed by atoms with van der Waals surface area (Å²) in [6, 6.07) is 1.94. The van der Waals surface area contributed by atoms with Gasteiger partial charge in [0.1, 0.15) is 0 Å². The van der Waals surface area contributed by atoms with Crippen molar-refractivity contribution in [1.29, 1.82) is 0 Å². The number of carbonyl (C=O) groups is 2. The van der Waals surface area contributed by atoms with Gasteiger partial charge in [-0.05, 0) is 45.4 Å². The van der Waals surface area contributed by atoms with Gasteiger partial charge in [-0.1, -0.05) is 5.16 Å². The summed E-state index contributed by atoms with van der Waals surface area (Å²) < 4.78 is 5.41. The minimum Gasteiger partial charge on any atom is -0.359 e. The smallest absolute Gasteiger partial charge is 0.228 e. The Morgan fingerprint density at radius 3 is 2.58 bits per heavy atom. The van der Waals surface area contributed by atoms with Crippen molar-refractivity contribution >= 4 is 11.8 Å². The highest BCUT2D eigenvalue weighted by Gasteiger charge is 2.40. The quantitative estimate of drug-likeness (QED) is 0.852. The summed E-state index contributed by atoms with van der Waals surface area (Å²) in [6.45, 7) is 4.07. The maximum absolute atomic E-state index is 13.1. The van der Waals surface area contributed by atoms with Crippen LogP contribution < -0.4 is 0 Å². The second kappa shape index (κ2) is 6.22. The molecule has 0 N–H and O–H groups in total. The van der Waals surface area contributed by atoms with E-state index in [1.54, 1.807) is 0 Å². The number of likely N-dealkylation sites (tertiary alicyclic amines) is 2. The van der Waals surface area contributed by atoms with Gasteiger partial charge in [-0.2, -0.15) is 0 Å². The molecule has 130 valence electrons. The van der Waals surface area contributed by atoms with Gasteiger partial charge in [-0.25, -0.2) is 0 Å². The van der Waals surface area contributed by atoms with E-state index in [-0.39, 0.29) is 29.7 Å².